The third-order valence-electron chi connectivity index (χ3n) is 3.37. The molecule has 5 nitrogen and oxygen atoms in total. The lowest BCUT2D eigenvalue weighted by Crippen LogP contribution is -1.98. The average Bonchev–Trinajstić information content (AvgIpc) is 2.90. The van der Waals surface area contributed by atoms with E-state index in [0.29, 0.717) is 22.4 Å². The predicted molar refractivity (Wildman–Crippen MR) is 79.2 cm³/mol. The van der Waals surface area contributed by atoms with E-state index < -0.39 is 5.63 Å². The first kappa shape index (κ1) is 11.7. The highest BCUT2D eigenvalue weighted by atomic mass is 16.4. The summed E-state index contributed by atoms with van der Waals surface area (Å²) >= 11 is 0. The Balaban J connectivity index is 2.09. The normalized spacial score (nSPS) is 11.2. The molecule has 0 atom stereocenters. The van der Waals surface area contributed by atoms with Crippen LogP contribution in [0.15, 0.2) is 57.7 Å². The number of nitrogens with one attached hydrogen (secondary N) is 1. The smallest absolute Gasteiger partial charge is 0.336 e. The Bertz CT molecular complexity index is 997. The van der Waals surface area contributed by atoms with Crippen LogP contribution in [0.5, 0.6) is 5.75 Å². The fraction of sp³-hybridized carbons (Fsp3) is 0. The molecule has 0 saturated carbocycles. The summed E-state index contributed by atoms with van der Waals surface area (Å²) in [6.45, 7) is 0. The maximum absolute atomic E-state index is 11.7. The van der Waals surface area contributed by atoms with Gasteiger partial charge in [0.05, 0.1) is 11.0 Å². The number of aromatic nitrogens is 2. The fourth-order valence-corrected chi connectivity index (χ4v) is 2.43. The molecule has 4 aromatic rings. The molecule has 5 heteroatoms. The van der Waals surface area contributed by atoms with Gasteiger partial charge in [-0.05, 0) is 30.3 Å². The van der Waals surface area contributed by atoms with E-state index in [1.54, 1.807) is 12.1 Å². The minimum atomic E-state index is -0.455. The van der Waals surface area contributed by atoms with Crippen molar-refractivity contribution >= 4 is 22.0 Å². The Morgan fingerprint density at radius 2 is 1.95 bits per heavy atom. The summed E-state index contributed by atoms with van der Waals surface area (Å²) in [7, 11) is 0. The van der Waals surface area contributed by atoms with E-state index in [-0.39, 0.29) is 5.75 Å². The molecular formula is C16H10N2O3. The van der Waals surface area contributed by atoms with E-state index in [1.165, 1.54) is 12.1 Å². The van der Waals surface area contributed by atoms with Crippen LogP contribution < -0.4 is 5.63 Å². The number of benzene rings is 2. The molecule has 102 valence electrons. The second kappa shape index (κ2) is 4.21. The van der Waals surface area contributed by atoms with Gasteiger partial charge < -0.3 is 14.5 Å². The number of hydrogen-bond acceptors (Lipinski definition) is 4. The Morgan fingerprint density at radius 1 is 1.10 bits per heavy atom. The summed E-state index contributed by atoms with van der Waals surface area (Å²) in [6, 6.07) is 13.6. The molecule has 0 spiro atoms. The largest absolute Gasteiger partial charge is 0.508 e. The van der Waals surface area contributed by atoms with Crippen LogP contribution in [0, 0.1) is 0 Å². The monoisotopic (exact) mass is 278 g/mol. The van der Waals surface area contributed by atoms with Crippen molar-refractivity contribution in [3.63, 3.8) is 0 Å². The maximum atomic E-state index is 11.7. The molecule has 0 saturated heterocycles. The molecule has 0 amide bonds. The number of aromatic hydroxyl groups is 1. The number of phenolic OH excluding ortho intramolecular Hbond substituents is 1. The second-order valence-corrected chi connectivity index (χ2v) is 4.76. The van der Waals surface area contributed by atoms with Gasteiger partial charge in [-0.2, -0.15) is 0 Å². The van der Waals surface area contributed by atoms with Crippen LogP contribution in [0.4, 0.5) is 0 Å². The molecule has 0 aliphatic heterocycles. The summed E-state index contributed by atoms with van der Waals surface area (Å²) in [5, 5.41) is 10.3. The Labute approximate surface area is 118 Å². The minimum absolute atomic E-state index is 0.105. The third kappa shape index (κ3) is 1.87. The van der Waals surface area contributed by atoms with Crippen LogP contribution in [0.3, 0.4) is 0 Å². The topological polar surface area (TPSA) is 79.1 Å². The van der Waals surface area contributed by atoms with Crippen LogP contribution in [-0.2, 0) is 0 Å². The molecule has 2 aromatic carbocycles. The number of phenols is 1. The zero-order chi connectivity index (χ0) is 14.4. The standard InChI is InChI=1S/C16H10N2O3/c19-9-5-6-14-10(7-9)11(8-15(20)21-14)16-17-12-3-1-2-4-13(12)18-16/h1-8,19H,(H,17,18). The molecule has 0 fully saturated rings. The van der Waals surface area contributed by atoms with Crippen molar-refractivity contribution in [2.45, 2.75) is 0 Å². The van der Waals surface area contributed by atoms with Crippen molar-refractivity contribution in [3.8, 4) is 17.1 Å². The second-order valence-electron chi connectivity index (χ2n) is 4.76. The Kier molecular flexibility index (Phi) is 2.35. The summed E-state index contributed by atoms with van der Waals surface area (Å²) in [5.74, 6) is 0.674. The average molecular weight is 278 g/mol. The van der Waals surface area contributed by atoms with Gasteiger partial charge in [-0.1, -0.05) is 12.1 Å². The molecular weight excluding hydrogens is 268 g/mol. The molecule has 21 heavy (non-hydrogen) atoms. The van der Waals surface area contributed by atoms with Crippen molar-refractivity contribution in [2.75, 3.05) is 0 Å². The van der Waals surface area contributed by atoms with E-state index in [4.69, 9.17) is 4.42 Å². The first-order valence-electron chi connectivity index (χ1n) is 6.43. The Morgan fingerprint density at radius 3 is 2.81 bits per heavy atom. The number of fused-ring (bicyclic) bond motifs is 2. The molecule has 2 N–H and O–H groups in total. The van der Waals surface area contributed by atoms with E-state index in [0.717, 1.165) is 11.0 Å². The number of rotatable bonds is 1. The molecule has 2 aromatic heterocycles. The van der Waals surface area contributed by atoms with Crippen molar-refractivity contribution < 1.29 is 9.52 Å². The summed E-state index contributed by atoms with van der Waals surface area (Å²) in [4.78, 5) is 19.4. The lowest BCUT2D eigenvalue weighted by molar-refractivity contribution is 0.475. The number of H-pyrrole nitrogens is 1. The molecule has 0 bridgehead atoms. The molecule has 0 unspecified atom stereocenters. The SMILES string of the molecule is O=c1cc(-c2nc3ccccc3[nH]2)c2cc(O)ccc2o1. The van der Waals surface area contributed by atoms with Crippen LogP contribution in [-0.4, -0.2) is 15.1 Å². The first-order valence-corrected chi connectivity index (χ1v) is 6.43. The first-order chi connectivity index (χ1) is 10.2. The van der Waals surface area contributed by atoms with Gasteiger partial charge in [-0.3, -0.25) is 0 Å². The fourth-order valence-electron chi connectivity index (χ4n) is 2.43. The number of hydrogen-bond donors (Lipinski definition) is 2. The van der Waals surface area contributed by atoms with E-state index >= 15 is 0 Å². The third-order valence-corrected chi connectivity index (χ3v) is 3.37. The molecule has 0 aliphatic rings. The zero-order valence-corrected chi connectivity index (χ0v) is 10.8. The van der Waals surface area contributed by atoms with Gasteiger partial charge in [0.2, 0.25) is 0 Å². The summed E-state index contributed by atoms with van der Waals surface area (Å²) < 4.78 is 5.14. The van der Waals surface area contributed by atoms with Gasteiger partial charge in [0.15, 0.2) is 0 Å². The van der Waals surface area contributed by atoms with Gasteiger partial charge in [0, 0.05) is 17.0 Å². The van der Waals surface area contributed by atoms with E-state index in [9.17, 15) is 9.90 Å². The number of imidazole rings is 1. The van der Waals surface area contributed by atoms with Gasteiger partial charge in [0.25, 0.3) is 0 Å². The van der Waals surface area contributed by atoms with Crippen molar-refractivity contribution in [1.82, 2.24) is 9.97 Å². The number of aromatic amines is 1. The predicted octanol–water partition coefficient (Wildman–Crippen LogP) is 3.04. The Hall–Kier alpha value is -3.08. The van der Waals surface area contributed by atoms with Gasteiger partial charge in [-0.15, -0.1) is 0 Å². The van der Waals surface area contributed by atoms with Crippen molar-refractivity contribution in [1.29, 1.82) is 0 Å². The molecule has 4 rings (SSSR count). The highest BCUT2D eigenvalue weighted by Crippen LogP contribution is 2.29. The molecule has 2 heterocycles. The van der Waals surface area contributed by atoms with Crippen molar-refractivity contribution in [3.05, 3.63) is 59.0 Å². The van der Waals surface area contributed by atoms with E-state index in [1.807, 2.05) is 24.3 Å². The van der Waals surface area contributed by atoms with E-state index in [2.05, 4.69) is 9.97 Å². The number of para-hydroxylation sites is 2. The molecule has 0 aliphatic carbocycles. The lowest BCUT2D eigenvalue weighted by atomic mass is 10.1. The van der Waals surface area contributed by atoms with Gasteiger partial charge in [-0.25, -0.2) is 9.78 Å². The summed E-state index contributed by atoms with van der Waals surface area (Å²) in [6.07, 6.45) is 0. The van der Waals surface area contributed by atoms with Crippen LogP contribution >= 0.6 is 0 Å². The maximum Gasteiger partial charge on any atom is 0.336 e. The van der Waals surface area contributed by atoms with Gasteiger partial charge in [0.1, 0.15) is 17.2 Å². The highest BCUT2D eigenvalue weighted by Gasteiger charge is 2.12. The summed E-state index contributed by atoms with van der Waals surface area (Å²) in [5.41, 5.74) is 2.26. The number of nitrogens with zero attached hydrogens (tertiary/aromatic N) is 1. The quantitative estimate of drug-likeness (QED) is 0.524. The van der Waals surface area contributed by atoms with Crippen LogP contribution in [0.25, 0.3) is 33.4 Å². The highest BCUT2D eigenvalue weighted by molar-refractivity contribution is 5.94. The van der Waals surface area contributed by atoms with Crippen LogP contribution in [0.2, 0.25) is 0 Å². The minimum Gasteiger partial charge on any atom is -0.508 e. The zero-order valence-electron chi connectivity index (χ0n) is 10.8. The lowest BCUT2D eigenvalue weighted by Gasteiger charge is -2.03. The van der Waals surface area contributed by atoms with Crippen LogP contribution in [0.1, 0.15) is 0 Å². The van der Waals surface area contributed by atoms with Crippen molar-refractivity contribution in [2.24, 2.45) is 0 Å². The van der Waals surface area contributed by atoms with Gasteiger partial charge >= 0.3 is 5.63 Å². The molecule has 0 radical (unpaired) electrons.